The summed E-state index contributed by atoms with van der Waals surface area (Å²) < 4.78 is 58.3. The zero-order valence-corrected chi connectivity index (χ0v) is 14.7. The fourth-order valence-electron chi connectivity index (χ4n) is 1.95. The average Bonchev–Trinajstić information content (AvgIpc) is 2.55. The lowest BCUT2D eigenvalue weighted by Gasteiger charge is -2.13. The van der Waals surface area contributed by atoms with Gasteiger partial charge in [0.1, 0.15) is 11.5 Å². The molecule has 4 nitrogen and oxygen atoms in total. The number of nitrogens with one attached hydrogen (secondary N) is 1. The predicted octanol–water partition coefficient (Wildman–Crippen LogP) is 6.03. The van der Waals surface area contributed by atoms with E-state index in [9.17, 15) is 17.6 Å². The van der Waals surface area contributed by atoms with E-state index in [1.54, 1.807) is 12.1 Å². The fraction of sp³-hybridized carbons (Fsp3) is 0.188. The first kappa shape index (κ1) is 20.1. The molecule has 0 spiro atoms. The smallest absolute Gasteiger partial charge is 0.387 e. The highest BCUT2D eigenvalue weighted by atomic mass is 35.5. The lowest BCUT2D eigenvalue weighted by atomic mass is 10.1. The fourth-order valence-corrected chi connectivity index (χ4v) is 2.24. The molecule has 2 aromatic rings. The molecular formula is C16H12Cl2F4N2O2. The van der Waals surface area contributed by atoms with Gasteiger partial charge in [-0.25, -0.2) is 0 Å². The van der Waals surface area contributed by atoms with E-state index in [1.807, 2.05) is 0 Å². The first-order chi connectivity index (χ1) is 12.3. The molecule has 0 atom stereocenters. The Bertz CT molecular complexity index is 804. The van der Waals surface area contributed by atoms with Gasteiger partial charge in [-0.05, 0) is 37.3 Å². The second-order valence-electron chi connectivity index (χ2n) is 4.85. The maximum Gasteiger partial charge on any atom is 0.387 e. The van der Waals surface area contributed by atoms with Crippen molar-refractivity contribution in [3.05, 3.63) is 52.0 Å². The van der Waals surface area contributed by atoms with Crippen LogP contribution in [0.25, 0.3) is 0 Å². The minimum absolute atomic E-state index is 0.166. The summed E-state index contributed by atoms with van der Waals surface area (Å²) in [6.45, 7) is -4.72. The number of halogens is 6. The van der Waals surface area contributed by atoms with Gasteiger partial charge < -0.3 is 9.47 Å². The summed E-state index contributed by atoms with van der Waals surface area (Å²) in [6, 6.07) is 8.10. The van der Waals surface area contributed by atoms with Crippen molar-refractivity contribution in [2.24, 2.45) is 5.10 Å². The van der Waals surface area contributed by atoms with E-state index in [4.69, 9.17) is 23.2 Å². The van der Waals surface area contributed by atoms with Crippen LogP contribution in [0.15, 0.2) is 41.5 Å². The molecule has 0 bridgehead atoms. The van der Waals surface area contributed by atoms with Crippen LogP contribution in [0, 0.1) is 0 Å². The number of rotatable bonds is 7. The molecule has 1 N–H and O–H groups in total. The number of hydrogen-bond donors (Lipinski definition) is 1. The summed E-state index contributed by atoms with van der Waals surface area (Å²) >= 11 is 11.7. The van der Waals surface area contributed by atoms with Crippen LogP contribution in [0.1, 0.15) is 12.5 Å². The maximum atomic E-state index is 12.6. The topological polar surface area (TPSA) is 42.9 Å². The van der Waals surface area contributed by atoms with Crippen LogP contribution in [0.2, 0.25) is 10.0 Å². The van der Waals surface area contributed by atoms with Gasteiger partial charge in [-0.1, -0.05) is 23.2 Å². The molecule has 0 fully saturated rings. The van der Waals surface area contributed by atoms with E-state index in [-0.39, 0.29) is 22.8 Å². The molecule has 26 heavy (non-hydrogen) atoms. The first-order valence-corrected chi connectivity index (χ1v) is 7.81. The van der Waals surface area contributed by atoms with E-state index in [1.165, 1.54) is 25.1 Å². The van der Waals surface area contributed by atoms with E-state index in [2.05, 4.69) is 20.0 Å². The molecule has 0 radical (unpaired) electrons. The quantitative estimate of drug-likeness (QED) is 0.344. The predicted molar refractivity (Wildman–Crippen MR) is 92.0 cm³/mol. The third-order valence-electron chi connectivity index (χ3n) is 3.06. The van der Waals surface area contributed by atoms with Crippen molar-refractivity contribution in [3.8, 4) is 11.5 Å². The lowest BCUT2D eigenvalue weighted by Crippen LogP contribution is -2.09. The van der Waals surface area contributed by atoms with Gasteiger partial charge in [-0.2, -0.15) is 22.7 Å². The highest BCUT2D eigenvalue weighted by molar-refractivity contribution is 6.42. The van der Waals surface area contributed by atoms with Gasteiger partial charge in [-0.15, -0.1) is 0 Å². The molecule has 2 rings (SSSR count). The number of hydrogen-bond acceptors (Lipinski definition) is 4. The van der Waals surface area contributed by atoms with E-state index >= 15 is 0 Å². The molecule has 0 aliphatic carbocycles. The highest BCUT2D eigenvalue weighted by Gasteiger charge is 2.15. The van der Waals surface area contributed by atoms with Gasteiger partial charge in [0.15, 0.2) is 0 Å². The van der Waals surface area contributed by atoms with Gasteiger partial charge in [-0.3, -0.25) is 5.43 Å². The number of benzene rings is 2. The summed E-state index contributed by atoms with van der Waals surface area (Å²) in [5, 5.41) is 4.71. The van der Waals surface area contributed by atoms with Gasteiger partial charge in [0.25, 0.3) is 0 Å². The molecule has 10 heteroatoms. The van der Waals surface area contributed by atoms with E-state index < -0.39 is 13.2 Å². The van der Waals surface area contributed by atoms with Crippen LogP contribution in [0.3, 0.4) is 0 Å². The van der Waals surface area contributed by atoms with Crippen LogP contribution in [-0.4, -0.2) is 18.9 Å². The van der Waals surface area contributed by atoms with Crippen LogP contribution in [-0.2, 0) is 0 Å². The minimum Gasteiger partial charge on any atom is -0.435 e. The molecule has 0 unspecified atom stereocenters. The third kappa shape index (κ3) is 5.67. The van der Waals surface area contributed by atoms with E-state index in [0.717, 1.165) is 6.07 Å². The molecule has 0 amide bonds. The summed E-state index contributed by atoms with van der Waals surface area (Å²) in [5.74, 6) is -0.667. The highest BCUT2D eigenvalue weighted by Crippen LogP contribution is 2.29. The zero-order chi connectivity index (χ0) is 19.3. The van der Waals surface area contributed by atoms with Crippen molar-refractivity contribution in [1.82, 2.24) is 0 Å². The number of ether oxygens (including phenoxy) is 2. The molecule has 0 aliphatic rings. The molecule has 0 aromatic heterocycles. The Kier molecular flexibility index (Phi) is 6.93. The largest absolute Gasteiger partial charge is 0.435 e. The van der Waals surface area contributed by atoms with Crippen LogP contribution in [0.5, 0.6) is 11.5 Å². The minimum atomic E-state index is -3.15. The maximum absolute atomic E-state index is 12.6. The molecule has 0 heterocycles. The number of hydrazone groups is 1. The van der Waals surface area contributed by atoms with Crippen molar-refractivity contribution >= 4 is 34.6 Å². The standard InChI is InChI=1S/C16H12Cl2F4N2O2/c1-8(23-24-9-2-5-12(17)13(18)6-9)11-4-3-10(25-15(19)20)7-14(11)26-16(21)22/h2-7,15-16,24H,1H3/b23-8+. The SMILES string of the molecule is C/C(=N\Nc1ccc(Cl)c(Cl)c1)c1ccc(OC(F)F)cc1OC(F)F. The molecule has 140 valence electrons. The van der Waals surface area contributed by atoms with E-state index in [0.29, 0.717) is 15.7 Å². The summed E-state index contributed by atoms with van der Waals surface area (Å²) in [4.78, 5) is 0. The van der Waals surface area contributed by atoms with Crippen molar-refractivity contribution < 1.29 is 27.0 Å². The van der Waals surface area contributed by atoms with Gasteiger partial charge >= 0.3 is 13.2 Å². The Balaban J connectivity index is 2.27. The van der Waals surface area contributed by atoms with Crippen molar-refractivity contribution in [2.45, 2.75) is 20.1 Å². The zero-order valence-electron chi connectivity index (χ0n) is 13.2. The Morgan fingerprint density at radius 1 is 0.962 bits per heavy atom. The summed E-state index contributed by atoms with van der Waals surface area (Å²) in [5.41, 5.74) is 3.62. The third-order valence-corrected chi connectivity index (χ3v) is 3.80. The average molecular weight is 411 g/mol. The van der Waals surface area contributed by atoms with Crippen LogP contribution >= 0.6 is 23.2 Å². The van der Waals surface area contributed by atoms with Gasteiger partial charge in [0.2, 0.25) is 0 Å². The molecule has 2 aromatic carbocycles. The van der Waals surface area contributed by atoms with Crippen LogP contribution in [0.4, 0.5) is 23.2 Å². The van der Waals surface area contributed by atoms with Crippen molar-refractivity contribution in [2.75, 3.05) is 5.43 Å². The van der Waals surface area contributed by atoms with Crippen molar-refractivity contribution in [3.63, 3.8) is 0 Å². The van der Waals surface area contributed by atoms with Gasteiger partial charge in [0, 0.05) is 11.6 Å². The Labute approximate surface area is 156 Å². The Morgan fingerprint density at radius 3 is 2.27 bits per heavy atom. The first-order valence-electron chi connectivity index (χ1n) is 7.05. The molecular weight excluding hydrogens is 399 g/mol. The van der Waals surface area contributed by atoms with Crippen LogP contribution < -0.4 is 14.9 Å². The second-order valence-corrected chi connectivity index (χ2v) is 5.67. The number of anilines is 1. The Hall–Kier alpha value is -2.19. The summed E-state index contributed by atoms with van der Waals surface area (Å²) in [7, 11) is 0. The second kappa shape index (κ2) is 8.95. The lowest BCUT2D eigenvalue weighted by molar-refractivity contribution is -0.0543. The number of nitrogens with zero attached hydrogens (tertiary/aromatic N) is 1. The van der Waals surface area contributed by atoms with Crippen molar-refractivity contribution in [1.29, 1.82) is 0 Å². The normalized spacial score (nSPS) is 11.8. The summed E-state index contributed by atoms with van der Waals surface area (Å²) in [6.07, 6.45) is 0. The molecule has 0 aliphatic heterocycles. The monoisotopic (exact) mass is 410 g/mol. The molecule has 0 saturated carbocycles. The molecule has 0 saturated heterocycles. The Morgan fingerprint density at radius 2 is 1.65 bits per heavy atom. The van der Waals surface area contributed by atoms with Gasteiger partial charge in [0.05, 0.1) is 21.4 Å². The number of alkyl halides is 4.